The molecule has 1 aliphatic rings. The highest BCUT2D eigenvalue weighted by molar-refractivity contribution is 7.17. The maximum absolute atomic E-state index is 13.0. The van der Waals surface area contributed by atoms with E-state index < -0.39 is 11.7 Å². The average Bonchev–Trinajstić information content (AvgIpc) is 2.82. The molecule has 21 heavy (non-hydrogen) atoms. The first-order valence-corrected chi connectivity index (χ1v) is 7.53. The van der Waals surface area contributed by atoms with Gasteiger partial charge in [-0.1, -0.05) is 22.9 Å². The minimum absolute atomic E-state index is 0.0323. The lowest BCUT2D eigenvalue weighted by Crippen LogP contribution is -2.12. The molecule has 0 unspecified atom stereocenters. The Hall–Kier alpha value is -1.79. The standard InChI is InChI=1S/C14H10ClFN2O2S/c15-9-6-7(16)4-5-8(9)13(20)18-14-17-10-2-1-3-11(19)12(10)21-14/h4-6H,1-3H2,(H,17,18,20). The number of hydrogen-bond donors (Lipinski definition) is 1. The van der Waals surface area contributed by atoms with Crippen LogP contribution in [0.15, 0.2) is 18.2 Å². The molecule has 0 fully saturated rings. The summed E-state index contributed by atoms with van der Waals surface area (Å²) < 4.78 is 13.0. The van der Waals surface area contributed by atoms with E-state index in [1.807, 2.05) is 0 Å². The van der Waals surface area contributed by atoms with Crippen LogP contribution in [0.5, 0.6) is 0 Å². The maximum Gasteiger partial charge on any atom is 0.258 e. The number of carbonyl (C=O) groups excluding carboxylic acids is 2. The molecule has 4 nitrogen and oxygen atoms in total. The Balaban J connectivity index is 1.83. The predicted molar refractivity (Wildman–Crippen MR) is 78.7 cm³/mol. The molecule has 1 N–H and O–H groups in total. The number of nitrogens with one attached hydrogen (secondary N) is 1. The number of aryl methyl sites for hydroxylation is 1. The van der Waals surface area contributed by atoms with E-state index in [4.69, 9.17) is 11.6 Å². The Morgan fingerprint density at radius 3 is 2.90 bits per heavy atom. The van der Waals surface area contributed by atoms with Crippen LogP contribution in [-0.2, 0) is 6.42 Å². The van der Waals surface area contributed by atoms with Crippen LogP contribution in [0.25, 0.3) is 0 Å². The second-order valence-electron chi connectivity index (χ2n) is 4.65. The molecule has 3 rings (SSSR count). The van der Waals surface area contributed by atoms with Crippen LogP contribution in [0.4, 0.5) is 9.52 Å². The summed E-state index contributed by atoms with van der Waals surface area (Å²) in [5.74, 6) is -0.917. The molecular formula is C14H10ClFN2O2S. The third-order valence-corrected chi connectivity index (χ3v) is 4.53. The first kappa shape index (κ1) is 14.2. The Bertz CT molecular complexity index is 745. The van der Waals surface area contributed by atoms with Gasteiger partial charge in [0.2, 0.25) is 0 Å². The summed E-state index contributed by atoms with van der Waals surface area (Å²) in [5.41, 5.74) is 0.898. The van der Waals surface area contributed by atoms with E-state index in [2.05, 4.69) is 10.3 Å². The molecule has 108 valence electrons. The van der Waals surface area contributed by atoms with Crippen molar-refractivity contribution >= 4 is 39.8 Å². The van der Waals surface area contributed by atoms with Gasteiger partial charge >= 0.3 is 0 Å². The van der Waals surface area contributed by atoms with Gasteiger partial charge < -0.3 is 0 Å². The van der Waals surface area contributed by atoms with E-state index in [1.165, 1.54) is 17.4 Å². The summed E-state index contributed by atoms with van der Waals surface area (Å²) in [4.78, 5) is 28.7. The first-order valence-electron chi connectivity index (χ1n) is 6.34. The Morgan fingerprint density at radius 2 is 2.19 bits per heavy atom. The van der Waals surface area contributed by atoms with Crippen LogP contribution in [0.3, 0.4) is 0 Å². The Kier molecular flexibility index (Phi) is 3.73. The number of nitrogens with zero attached hydrogens (tertiary/aromatic N) is 1. The quantitative estimate of drug-likeness (QED) is 0.916. The predicted octanol–water partition coefficient (Wildman–Crippen LogP) is 3.71. The summed E-state index contributed by atoms with van der Waals surface area (Å²) in [7, 11) is 0. The van der Waals surface area contributed by atoms with Crippen LogP contribution in [0.1, 0.15) is 38.6 Å². The minimum atomic E-state index is -0.508. The van der Waals surface area contributed by atoms with Crippen molar-refractivity contribution in [1.82, 2.24) is 4.98 Å². The lowest BCUT2D eigenvalue weighted by molar-refractivity contribution is 0.0975. The molecule has 0 bridgehead atoms. The molecule has 7 heteroatoms. The SMILES string of the molecule is O=C(Nc1nc2c(s1)C(=O)CCC2)c1ccc(F)cc1Cl. The third kappa shape index (κ3) is 2.82. The van der Waals surface area contributed by atoms with Crippen molar-refractivity contribution in [3.05, 3.63) is 45.2 Å². The van der Waals surface area contributed by atoms with Crippen molar-refractivity contribution in [2.45, 2.75) is 19.3 Å². The van der Waals surface area contributed by atoms with Crippen molar-refractivity contribution in [3.63, 3.8) is 0 Å². The van der Waals surface area contributed by atoms with E-state index >= 15 is 0 Å². The fourth-order valence-corrected chi connectivity index (χ4v) is 3.39. The van der Waals surface area contributed by atoms with Gasteiger partial charge in [0.05, 0.1) is 21.2 Å². The average molecular weight is 325 g/mol. The first-order chi connectivity index (χ1) is 10.0. The van der Waals surface area contributed by atoms with Gasteiger partial charge in [-0.3, -0.25) is 14.9 Å². The van der Waals surface area contributed by atoms with E-state index in [9.17, 15) is 14.0 Å². The summed E-state index contributed by atoms with van der Waals surface area (Å²) in [6.45, 7) is 0. The van der Waals surface area contributed by atoms with Gasteiger partial charge in [-0.25, -0.2) is 9.37 Å². The molecule has 0 aliphatic heterocycles. The summed E-state index contributed by atoms with van der Waals surface area (Å²) in [6, 6.07) is 3.55. The fraction of sp³-hybridized carbons (Fsp3) is 0.214. The van der Waals surface area contributed by atoms with Crippen molar-refractivity contribution in [2.24, 2.45) is 0 Å². The molecule has 0 atom stereocenters. The van der Waals surface area contributed by atoms with Crippen molar-refractivity contribution in [2.75, 3.05) is 5.32 Å². The summed E-state index contributed by atoms with van der Waals surface area (Å²) in [5, 5.41) is 3.00. The highest BCUT2D eigenvalue weighted by atomic mass is 35.5. The molecule has 1 amide bonds. The molecule has 0 spiro atoms. The van der Waals surface area contributed by atoms with Crippen molar-refractivity contribution in [3.8, 4) is 0 Å². The van der Waals surface area contributed by atoms with Gasteiger partial charge in [0.25, 0.3) is 5.91 Å². The number of halogens is 2. The Morgan fingerprint density at radius 1 is 1.38 bits per heavy atom. The van der Waals surface area contributed by atoms with Crippen LogP contribution < -0.4 is 5.32 Å². The number of ketones is 1. The number of carbonyl (C=O) groups is 2. The smallest absolute Gasteiger partial charge is 0.258 e. The zero-order chi connectivity index (χ0) is 15.0. The number of benzene rings is 1. The van der Waals surface area contributed by atoms with Crippen LogP contribution >= 0.6 is 22.9 Å². The van der Waals surface area contributed by atoms with E-state index in [0.717, 1.165) is 30.7 Å². The molecule has 1 aromatic heterocycles. The van der Waals surface area contributed by atoms with Gasteiger partial charge in [0, 0.05) is 6.42 Å². The van der Waals surface area contributed by atoms with Gasteiger partial charge in [0.1, 0.15) is 5.82 Å². The highest BCUT2D eigenvalue weighted by Crippen LogP contribution is 2.30. The molecule has 1 aromatic carbocycles. The summed E-state index contributed by atoms with van der Waals surface area (Å²) >= 11 is 7.01. The second kappa shape index (κ2) is 5.54. The largest absolute Gasteiger partial charge is 0.298 e. The fourth-order valence-electron chi connectivity index (χ4n) is 2.16. The topological polar surface area (TPSA) is 59.1 Å². The normalized spacial score (nSPS) is 13.9. The monoisotopic (exact) mass is 324 g/mol. The molecule has 1 aliphatic carbocycles. The number of amides is 1. The number of Topliss-reactive ketones (excluding diaryl/α,β-unsaturated/α-hetero) is 1. The molecular weight excluding hydrogens is 315 g/mol. The molecule has 0 radical (unpaired) electrons. The van der Waals surface area contributed by atoms with E-state index in [0.29, 0.717) is 16.4 Å². The van der Waals surface area contributed by atoms with Crippen LogP contribution in [0, 0.1) is 5.82 Å². The molecule has 0 saturated heterocycles. The number of thiazole rings is 1. The number of anilines is 1. The van der Waals surface area contributed by atoms with Gasteiger partial charge in [-0.2, -0.15) is 0 Å². The van der Waals surface area contributed by atoms with Crippen molar-refractivity contribution < 1.29 is 14.0 Å². The highest BCUT2D eigenvalue weighted by Gasteiger charge is 2.23. The number of rotatable bonds is 2. The molecule has 0 saturated carbocycles. The van der Waals surface area contributed by atoms with Crippen LogP contribution in [-0.4, -0.2) is 16.7 Å². The summed E-state index contributed by atoms with van der Waals surface area (Å²) in [6.07, 6.45) is 2.05. The van der Waals surface area contributed by atoms with E-state index in [1.54, 1.807) is 0 Å². The van der Waals surface area contributed by atoms with Gasteiger partial charge in [-0.05, 0) is 31.0 Å². The number of fused-ring (bicyclic) bond motifs is 1. The Labute approximate surface area is 129 Å². The maximum atomic E-state index is 13.0. The lowest BCUT2D eigenvalue weighted by Gasteiger charge is -2.05. The molecule has 2 aromatic rings. The number of hydrogen-bond acceptors (Lipinski definition) is 4. The minimum Gasteiger partial charge on any atom is -0.298 e. The lowest BCUT2D eigenvalue weighted by atomic mass is 10.0. The van der Waals surface area contributed by atoms with Gasteiger partial charge in [-0.15, -0.1) is 0 Å². The van der Waals surface area contributed by atoms with E-state index in [-0.39, 0.29) is 16.4 Å². The van der Waals surface area contributed by atoms with Crippen LogP contribution in [0.2, 0.25) is 5.02 Å². The second-order valence-corrected chi connectivity index (χ2v) is 6.06. The van der Waals surface area contributed by atoms with Crippen molar-refractivity contribution in [1.29, 1.82) is 0 Å². The zero-order valence-electron chi connectivity index (χ0n) is 10.8. The van der Waals surface area contributed by atoms with Gasteiger partial charge in [0.15, 0.2) is 10.9 Å². The third-order valence-electron chi connectivity index (χ3n) is 3.16. The zero-order valence-corrected chi connectivity index (χ0v) is 12.4. The number of aromatic nitrogens is 1. The molecule has 1 heterocycles.